The SMILES string of the molecule is CCCCCCCCCC/C=C/C(O)C(COC1OC(CO)C(OC2OC(CO)C(O)C(OC3(C(=O)O)CC(O)C(NC(C)=O)C(C(O)C(O)CO)O3)C2O)C(O)C1O)NC(=O)CCCCCCCCCCCCC. The van der Waals surface area contributed by atoms with Crippen LogP contribution in [0.3, 0.4) is 0 Å². The summed E-state index contributed by atoms with van der Waals surface area (Å²) in [6.45, 7) is 2.03. The fraction of sp³-hybridized carbons (Fsp3) is 0.904. The van der Waals surface area contributed by atoms with Gasteiger partial charge in [0.05, 0.1) is 50.7 Å². The number of allylic oxidation sites excluding steroid dienone is 1. The molecule has 0 aromatic carbocycles. The summed E-state index contributed by atoms with van der Waals surface area (Å²) in [6.07, 6.45) is -3.91. The fourth-order valence-electron chi connectivity index (χ4n) is 9.71. The number of hydrogen-bond acceptors (Lipinski definition) is 20. The first kappa shape index (κ1) is 66.7. The Kier molecular flexibility index (Phi) is 31.9. The van der Waals surface area contributed by atoms with Crippen LogP contribution in [0.1, 0.15) is 162 Å². The van der Waals surface area contributed by atoms with E-state index in [1.165, 1.54) is 70.6 Å². The number of carbonyl (C=O) groups excluding carboxylic acids is 2. The molecule has 3 aliphatic rings. The molecule has 3 aliphatic heterocycles. The van der Waals surface area contributed by atoms with Gasteiger partial charge in [-0.05, 0) is 19.3 Å². The van der Waals surface area contributed by atoms with Crippen molar-refractivity contribution in [3.63, 3.8) is 0 Å². The number of aliphatic carboxylic acids is 1. The van der Waals surface area contributed by atoms with Crippen molar-refractivity contribution in [3.8, 4) is 0 Å². The van der Waals surface area contributed by atoms with Gasteiger partial charge in [0, 0.05) is 19.8 Å². The first-order valence-corrected chi connectivity index (χ1v) is 27.6. The zero-order chi connectivity index (χ0) is 55.5. The fourth-order valence-corrected chi connectivity index (χ4v) is 9.71. The highest BCUT2D eigenvalue weighted by molar-refractivity contribution is 5.77. The van der Waals surface area contributed by atoms with E-state index in [0.29, 0.717) is 12.8 Å². The number of unbranched alkanes of at least 4 members (excludes halogenated alkanes) is 18. The smallest absolute Gasteiger partial charge is 0.364 e. The molecule has 0 bridgehead atoms. The van der Waals surface area contributed by atoms with E-state index in [1.807, 2.05) is 6.08 Å². The molecule has 438 valence electrons. The first-order valence-electron chi connectivity index (χ1n) is 27.6. The lowest BCUT2D eigenvalue weighted by molar-refractivity contribution is -0.386. The largest absolute Gasteiger partial charge is 0.477 e. The number of rotatable bonds is 38. The van der Waals surface area contributed by atoms with E-state index in [4.69, 9.17) is 28.4 Å². The third-order valence-corrected chi connectivity index (χ3v) is 14.2. The van der Waals surface area contributed by atoms with Crippen molar-refractivity contribution in [1.82, 2.24) is 10.6 Å². The zero-order valence-electron chi connectivity index (χ0n) is 44.4. The van der Waals surface area contributed by atoms with Gasteiger partial charge in [0.2, 0.25) is 11.8 Å². The number of hydrogen-bond donors (Lipinski definition) is 14. The lowest BCUT2D eigenvalue weighted by Gasteiger charge is -2.50. The van der Waals surface area contributed by atoms with Gasteiger partial charge in [-0.25, -0.2) is 4.79 Å². The predicted octanol–water partition coefficient (Wildman–Crippen LogP) is 0.435. The Hall–Kier alpha value is -2.53. The molecule has 3 heterocycles. The standard InChI is InChI=1S/C52H94N2O21/c1-4-6-8-10-12-14-16-18-20-22-24-26-39(62)54-33(34(59)25-23-21-19-17-15-13-11-9-7-5-2)31-70-49-44(66)43(65)46(38(30-57)72-49)73-50-45(67)48(42(64)37(29-56)71-50)75-52(51(68)69)27-35(60)40(53-32(3)58)47(74-52)41(63)36(61)28-55/h23,25,33-38,40-50,55-57,59-61,63-67H,4-22,24,26-31H2,1-3H3,(H,53,58)(H,54,62)(H,68,69)/b25-23+. The van der Waals surface area contributed by atoms with Gasteiger partial charge in [-0.15, -0.1) is 0 Å². The van der Waals surface area contributed by atoms with Crippen LogP contribution in [0.25, 0.3) is 0 Å². The quantitative estimate of drug-likeness (QED) is 0.0295. The van der Waals surface area contributed by atoms with Crippen molar-refractivity contribution in [2.24, 2.45) is 0 Å². The van der Waals surface area contributed by atoms with E-state index in [2.05, 4.69) is 24.5 Å². The second-order valence-electron chi connectivity index (χ2n) is 20.5. The summed E-state index contributed by atoms with van der Waals surface area (Å²) in [6, 6.07) is -2.61. The molecule has 2 amide bonds. The van der Waals surface area contributed by atoms with Crippen LogP contribution in [0.15, 0.2) is 12.2 Å². The normalized spacial score (nSPS) is 31.9. The molecule has 0 saturated carbocycles. The lowest BCUT2D eigenvalue weighted by atomic mass is 9.88. The molecule has 3 rings (SSSR count). The molecule has 0 aromatic heterocycles. The maximum absolute atomic E-state index is 13.2. The highest BCUT2D eigenvalue weighted by Crippen LogP contribution is 2.38. The van der Waals surface area contributed by atoms with Gasteiger partial charge in [0.25, 0.3) is 5.79 Å². The minimum atomic E-state index is -3.08. The van der Waals surface area contributed by atoms with Gasteiger partial charge in [-0.1, -0.05) is 135 Å². The number of carboxylic acids is 1. The maximum atomic E-state index is 13.2. The van der Waals surface area contributed by atoms with Crippen LogP contribution < -0.4 is 10.6 Å². The van der Waals surface area contributed by atoms with Crippen molar-refractivity contribution in [2.45, 2.75) is 272 Å². The topological polar surface area (TPSA) is 373 Å². The Labute approximate surface area is 441 Å². The molecule has 75 heavy (non-hydrogen) atoms. The van der Waals surface area contributed by atoms with Crippen molar-refractivity contribution in [2.75, 3.05) is 26.4 Å². The van der Waals surface area contributed by atoms with Gasteiger partial charge in [-0.3, -0.25) is 9.59 Å². The lowest BCUT2D eigenvalue weighted by Crippen LogP contribution is -2.70. The highest BCUT2D eigenvalue weighted by Gasteiger charge is 2.60. The van der Waals surface area contributed by atoms with Crippen molar-refractivity contribution in [3.05, 3.63) is 12.2 Å². The number of aliphatic hydroxyl groups excluding tert-OH is 11. The third-order valence-electron chi connectivity index (χ3n) is 14.2. The Morgan fingerprint density at radius 3 is 1.77 bits per heavy atom. The second-order valence-corrected chi connectivity index (χ2v) is 20.5. The summed E-state index contributed by atoms with van der Waals surface area (Å²) in [5.74, 6) is -6.15. The van der Waals surface area contributed by atoms with Gasteiger partial charge in [0.1, 0.15) is 67.1 Å². The van der Waals surface area contributed by atoms with Crippen LogP contribution in [0.4, 0.5) is 0 Å². The number of nitrogens with one attached hydrogen (secondary N) is 2. The van der Waals surface area contributed by atoms with Crippen LogP contribution in [0, 0.1) is 0 Å². The van der Waals surface area contributed by atoms with Crippen LogP contribution in [-0.4, -0.2) is 215 Å². The summed E-state index contributed by atoms with van der Waals surface area (Å²) in [5.41, 5.74) is 0. The number of amides is 2. The van der Waals surface area contributed by atoms with E-state index in [1.54, 1.807) is 6.08 Å². The number of ether oxygens (including phenoxy) is 6. The summed E-state index contributed by atoms with van der Waals surface area (Å²) in [5, 5.41) is 135. The second kappa shape index (κ2) is 35.9. The van der Waals surface area contributed by atoms with Crippen LogP contribution in [0.5, 0.6) is 0 Å². The molecule has 0 aromatic rings. The van der Waals surface area contributed by atoms with Crippen molar-refractivity contribution < 1.29 is 104 Å². The predicted molar refractivity (Wildman–Crippen MR) is 269 cm³/mol. The molecular weight excluding hydrogens is 989 g/mol. The van der Waals surface area contributed by atoms with Crippen molar-refractivity contribution >= 4 is 17.8 Å². The van der Waals surface area contributed by atoms with E-state index in [0.717, 1.165) is 51.9 Å². The molecule has 0 spiro atoms. The summed E-state index contributed by atoms with van der Waals surface area (Å²) < 4.78 is 34.5. The molecular formula is C52H94N2O21. The molecule has 3 fully saturated rings. The molecule has 14 N–H and O–H groups in total. The van der Waals surface area contributed by atoms with Gasteiger partial charge in [-0.2, -0.15) is 0 Å². The third kappa shape index (κ3) is 21.6. The molecule has 18 unspecified atom stereocenters. The maximum Gasteiger partial charge on any atom is 0.364 e. The molecule has 18 atom stereocenters. The molecule has 0 radical (unpaired) electrons. The summed E-state index contributed by atoms with van der Waals surface area (Å²) in [7, 11) is 0. The Morgan fingerprint density at radius 2 is 1.24 bits per heavy atom. The average molecular weight is 1080 g/mol. The van der Waals surface area contributed by atoms with E-state index < -0.39 is 155 Å². The zero-order valence-corrected chi connectivity index (χ0v) is 44.4. The van der Waals surface area contributed by atoms with Gasteiger partial charge >= 0.3 is 5.97 Å². The van der Waals surface area contributed by atoms with E-state index in [9.17, 15) is 75.7 Å². The van der Waals surface area contributed by atoms with E-state index in [-0.39, 0.29) is 12.3 Å². The molecule has 3 saturated heterocycles. The van der Waals surface area contributed by atoms with Crippen LogP contribution >= 0.6 is 0 Å². The number of carbonyl (C=O) groups is 3. The number of carboxylic acid groups (broad SMARTS) is 1. The Bertz CT molecular complexity index is 1620. The van der Waals surface area contributed by atoms with Crippen LogP contribution in [-0.2, 0) is 42.8 Å². The summed E-state index contributed by atoms with van der Waals surface area (Å²) in [4.78, 5) is 38.2. The van der Waals surface area contributed by atoms with Crippen LogP contribution in [0.2, 0.25) is 0 Å². The minimum Gasteiger partial charge on any atom is -0.477 e. The molecule has 23 nitrogen and oxygen atoms in total. The van der Waals surface area contributed by atoms with E-state index >= 15 is 0 Å². The average Bonchev–Trinajstić information content (AvgIpc) is 3.38. The number of aliphatic hydroxyl groups is 11. The monoisotopic (exact) mass is 1080 g/mol. The summed E-state index contributed by atoms with van der Waals surface area (Å²) >= 11 is 0. The highest BCUT2D eigenvalue weighted by atomic mass is 16.8. The molecule has 0 aliphatic carbocycles. The first-order chi connectivity index (χ1) is 35.9. The van der Waals surface area contributed by atoms with Crippen molar-refractivity contribution in [1.29, 1.82) is 0 Å². The minimum absolute atomic E-state index is 0.202. The van der Waals surface area contributed by atoms with Gasteiger partial charge < -0.3 is 100 Å². The Morgan fingerprint density at radius 1 is 0.693 bits per heavy atom. The Balaban J connectivity index is 1.72. The molecule has 23 heteroatoms. The van der Waals surface area contributed by atoms with Gasteiger partial charge in [0.15, 0.2) is 12.6 Å².